The molecule has 0 aliphatic rings. The molecule has 0 aromatic rings. The van der Waals surface area contributed by atoms with E-state index in [4.69, 9.17) is 10.2 Å². The minimum Gasteiger partial charge on any atom is -0.480 e. The second-order valence-electron chi connectivity index (χ2n) is 2.26. The Morgan fingerprint density at radius 2 is 2.20 bits per heavy atom. The number of rotatable bonds is 4. The lowest BCUT2D eigenvalue weighted by Crippen LogP contribution is -2.36. The van der Waals surface area contributed by atoms with Crippen molar-refractivity contribution in [2.75, 3.05) is 7.05 Å². The molecule has 60 valence electrons. The molecule has 0 aliphatic carbocycles. The first kappa shape index (κ1) is 9.39. The van der Waals surface area contributed by atoms with E-state index >= 15 is 0 Å². The maximum atomic E-state index is 10.3. The van der Waals surface area contributed by atoms with Crippen LogP contribution < -0.4 is 5.32 Å². The highest BCUT2D eigenvalue weighted by atomic mass is 16.4. The molecule has 1 unspecified atom stereocenters. The Kier molecular flexibility index (Phi) is 3.99. The predicted octanol–water partition coefficient (Wildman–Crippen LogP) is -0.570. The Morgan fingerprint density at radius 3 is 2.30 bits per heavy atom. The zero-order valence-electron chi connectivity index (χ0n) is 6.16. The van der Waals surface area contributed by atoms with Crippen LogP contribution in [0.5, 0.6) is 0 Å². The fourth-order valence-corrected chi connectivity index (χ4v) is 0.683. The van der Waals surface area contributed by atoms with Gasteiger partial charge in [0.05, 0.1) is 6.10 Å². The first-order chi connectivity index (χ1) is 4.57. The summed E-state index contributed by atoms with van der Waals surface area (Å²) in [6.07, 6.45) is -0.334. The van der Waals surface area contributed by atoms with Gasteiger partial charge in [-0.25, -0.2) is 0 Å². The summed E-state index contributed by atoms with van der Waals surface area (Å²) in [5.74, 6) is -0.927. The lowest BCUT2D eigenvalue weighted by atomic mass is 10.1. The average Bonchev–Trinajstić information content (AvgIpc) is 1.81. The summed E-state index contributed by atoms with van der Waals surface area (Å²) >= 11 is 0. The Balaban J connectivity index is 3.72. The van der Waals surface area contributed by atoms with E-state index in [1.54, 1.807) is 14.0 Å². The Morgan fingerprint density at radius 1 is 1.70 bits per heavy atom. The van der Waals surface area contributed by atoms with Crippen molar-refractivity contribution in [3.8, 4) is 0 Å². The summed E-state index contributed by atoms with van der Waals surface area (Å²) in [5, 5.41) is 19.8. The Labute approximate surface area is 59.9 Å². The molecular weight excluding hydrogens is 134 g/mol. The largest absolute Gasteiger partial charge is 0.480 e. The number of hydrogen-bond acceptors (Lipinski definition) is 3. The molecule has 0 aromatic carbocycles. The summed E-state index contributed by atoms with van der Waals surface area (Å²) in [7, 11) is 1.56. The average molecular weight is 147 g/mol. The minimum absolute atomic E-state index is 0.242. The number of aliphatic hydroxyl groups is 1. The molecule has 0 rings (SSSR count). The van der Waals surface area contributed by atoms with Gasteiger partial charge < -0.3 is 15.5 Å². The lowest BCUT2D eigenvalue weighted by molar-refractivity contribution is -0.140. The van der Waals surface area contributed by atoms with Gasteiger partial charge in [0.2, 0.25) is 0 Å². The molecule has 0 radical (unpaired) electrons. The molecule has 3 N–H and O–H groups in total. The van der Waals surface area contributed by atoms with E-state index in [1.807, 2.05) is 0 Å². The molecule has 0 amide bonds. The summed E-state index contributed by atoms with van der Waals surface area (Å²) in [6, 6.07) is -0.639. The van der Waals surface area contributed by atoms with E-state index < -0.39 is 18.1 Å². The van der Waals surface area contributed by atoms with Crippen LogP contribution in [-0.2, 0) is 4.79 Å². The molecule has 0 heterocycles. The van der Waals surface area contributed by atoms with Gasteiger partial charge in [-0.05, 0) is 20.4 Å². The van der Waals surface area contributed by atoms with E-state index in [0.29, 0.717) is 0 Å². The maximum Gasteiger partial charge on any atom is 0.320 e. The molecule has 0 spiro atoms. The van der Waals surface area contributed by atoms with Crippen molar-refractivity contribution < 1.29 is 15.0 Å². The van der Waals surface area contributed by atoms with Crippen LogP contribution in [0.1, 0.15) is 13.3 Å². The molecule has 10 heavy (non-hydrogen) atoms. The second-order valence-corrected chi connectivity index (χ2v) is 2.26. The summed E-state index contributed by atoms with van der Waals surface area (Å²) in [5.41, 5.74) is 0. The summed E-state index contributed by atoms with van der Waals surface area (Å²) in [6.45, 7) is 1.56. The van der Waals surface area contributed by atoms with Crippen molar-refractivity contribution in [1.82, 2.24) is 5.32 Å². The number of hydrogen-bond donors (Lipinski definition) is 3. The van der Waals surface area contributed by atoms with Crippen molar-refractivity contribution in [1.29, 1.82) is 0 Å². The first-order valence-electron chi connectivity index (χ1n) is 3.16. The number of nitrogens with one attached hydrogen (secondary N) is 1. The highest BCUT2D eigenvalue weighted by Crippen LogP contribution is 1.96. The zero-order valence-corrected chi connectivity index (χ0v) is 6.16. The third-order valence-electron chi connectivity index (χ3n) is 1.22. The second kappa shape index (κ2) is 4.24. The molecular formula is C6H13NO3. The number of carboxylic acid groups (broad SMARTS) is 1. The molecule has 0 fully saturated rings. The zero-order chi connectivity index (χ0) is 8.15. The highest BCUT2D eigenvalue weighted by Gasteiger charge is 2.16. The van der Waals surface area contributed by atoms with Crippen molar-refractivity contribution in [3.63, 3.8) is 0 Å². The quantitative estimate of drug-likeness (QED) is 0.498. The molecule has 4 heteroatoms. The van der Waals surface area contributed by atoms with E-state index in [9.17, 15) is 4.79 Å². The number of carboxylic acids is 1. The van der Waals surface area contributed by atoms with Crippen molar-refractivity contribution in [2.45, 2.75) is 25.5 Å². The molecule has 4 nitrogen and oxygen atoms in total. The molecule has 0 aromatic heterocycles. The van der Waals surface area contributed by atoms with Gasteiger partial charge in [-0.15, -0.1) is 0 Å². The highest BCUT2D eigenvalue weighted by molar-refractivity contribution is 5.73. The van der Waals surface area contributed by atoms with E-state index in [-0.39, 0.29) is 6.42 Å². The monoisotopic (exact) mass is 147 g/mol. The summed E-state index contributed by atoms with van der Waals surface area (Å²) < 4.78 is 0. The maximum absolute atomic E-state index is 10.3. The topological polar surface area (TPSA) is 69.6 Å². The minimum atomic E-state index is -0.927. The van der Waals surface area contributed by atoms with Crippen LogP contribution >= 0.6 is 0 Å². The van der Waals surface area contributed by atoms with Gasteiger partial charge in [0.1, 0.15) is 6.04 Å². The standard InChI is InChI=1S/C6H13NO3/c1-4(8)3-5(7-2)6(9)10/h4-5,7-8H,3H2,1-2H3,(H,9,10)/t4-,5?/m1/s1. The number of carbonyl (C=O) groups is 1. The fraction of sp³-hybridized carbons (Fsp3) is 0.833. The van der Waals surface area contributed by atoms with Gasteiger partial charge >= 0.3 is 5.97 Å². The molecule has 0 bridgehead atoms. The molecule has 0 saturated carbocycles. The van der Waals surface area contributed by atoms with E-state index in [0.717, 1.165) is 0 Å². The van der Waals surface area contributed by atoms with Crippen LogP contribution in [0.4, 0.5) is 0 Å². The van der Waals surface area contributed by atoms with Gasteiger partial charge in [-0.1, -0.05) is 0 Å². The lowest BCUT2D eigenvalue weighted by Gasteiger charge is -2.11. The van der Waals surface area contributed by atoms with Crippen LogP contribution in [0.15, 0.2) is 0 Å². The smallest absolute Gasteiger partial charge is 0.320 e. The van der Waals surface area contributed by atoms with Gasteiger partial charge in [0.15, 0.2) is 0 Å². The molecule has 0 aliphatic heterocycles. The van der Waals surface area contributed by atoms with Crippen molar-refractivity contribution >= 4 is 5.97 Å². The number of likely N-dealkylation sites (N-methyl/N-ethyl adjacent to an activating group) is 1. The van der Waals surface area contributed by atoms with Crippen LogP contribution in [0, 0.1) is 0 Å². The Hall–Kier alpha value is -0.610. The SMILES string of the molecule is CNC(C[C@@H](C)O)C(=O)O. The number of aliphatic carboxylic acids is 1. The number of aliphatic hydroxyl groups excluding tert-OH is 1. The normalized spacial score (nSPS) is 16.3. The molecule has 0 saturated heterocycles. The predicted molar refractivity (Wildman–Crippen MR) is 36.8 cm³/mol. The van der Waals surface area contributed by atoms with Gasteiger partial charge in [0.25, 0.3) is 0 Å². The van der Waals surface area contributed by atoms with Gasteiger partial charge in [0, 0.05) is 0 Å². The Bertz CT molecular complexity index is 114. The van der Waals surface area contributed by atoms with Crippen LogP contribution in [0.3, 0.4) is 0 Å². The first-order valence-corrected chi connectivity index (χ1v) is 3.16. The van der Waals surface area contributed by atoms with Crippen molar-refractivity contribution in [3.05, 3.63) is 0 Å². The third-order valence-corrected chi connectivity index (χ3v) is 1.22. The van der Waals surface area contributed by atoms with E-state index in [2.05, 4.69) is 5.32 Å². The van der Waals surface area contributed by atoms with Crippen LogP contribution in [0.25, 0.3) is 0 Å². The van der Waals surface area contributed by atoms with Crippen LogP contribution in [-0.4, -0.2) is 35.4 Å². The molecule has 2 atom stereocenters. The van der Waals surface area contributed by atoms with Gasteiger partial charge in [-0.2, -0.15) is 0 Å². The van der Waals surface area contributed by atoms with Gasteiger partial charge in [-0.3, -0.25) is 4.79 Å². The van der Waals surface area contributed by atoms with Crippen LogP contribution in [0.2, 0.25) is 0 Å². The summed E-state index contributed by atoms with van der Waals surface area (Å²) in [4.78, 5) is 10.3. The van der Waals surface area contributed by atoms with Crippen molar-refractivity contribution in [2.24, 2.45) is 0 Å². The fourth-order valence-electron chi connectivity index (χ4n) is 0.683. The van der Waals surface area contributed by atoms with E-state index in [1.165, 1.54) is 0 Å². The third kappa shape index (κ3) is 3.42.